The van der Waals surface area contributed by atoms with E-state index in [2.05, 4.69) is 10.3 Å². The molecule has 0 radical (unpaired) electrons. The van der Waals surface area contributed by atoms with E-state index in [9.17, 15) is 8.42 Å². The van der Waals surface area contributed by atoms with Crippen molar-refractivity contribution in [3.05, 3.63) is 18.0 Å². The van der Waals surface area contributed by atoms with Gasteiger partial charge in [-0.2, -0.15) is 0 Å². The van der Waals surface area contributed by atoms with E-state index >= 15 is 0 Å². The first-order valence-electron chi connectivity index (χ1n) is 5.42. The van der Waals surface area contributed by atoms with E-state index in [0.29, 0.717) is 30.3 Å². The van der Waals surface area contributed by atoms with Gasteiger partial charge >= 0.3 is 0 Å². The summed E-state index contributed by atoms with van der Waals surface area (Å²) in [7, 11) is 0.150. The quantitative estimate of drug-likeness (QED) is 0.717. The van der Waals surface area contributed by atoms with Gasteiger partial charge in [0.15, 0.2) is 11.5 Å². The van der Waals surface area contributed by atoms with Gasteiger partial charge in [-0.25, -0.2) is 8.42 Å². The Kier molecular flexibility index (Phi) is 5.36. The molecule has 0 unspecified atom stereocenters. The van der Waals surface area contributed by atoms with E-state index in [0.717, 1.165) is 0 Å². The summed E-state index contributed by atoms with van der Waals surface area (Å²) in [6, 6.07) is 1.71. The standard InChI is InChI=1S/C11H18N2O4S/c1-16-10-4-5-13-9(11(10)17-2)8-12-6-7-18(3,14)15/h4-5,12H,6-8H2,1-3H3. The fourth-order valence-corrected chi connectivity index (χ4v) is 1.96. The molecule has 0 aromatic carbocycles. The molecule has 6 nitrogen and oxygen atoms in total. The van der Waals surface area contributed by atoms with Crippen molar-refractivity contribution in [2.75, 3.05) is 32.8 Å². The molecular formula is C11H18N2O4S. The zero-order chi connectivity index (χ0) is 13.6. The fraction of sp³-hybridized carbons (Fsp3) is 0.545. The van der Waals surface area contributed by atoms with Gasteiger partial charge in [-0.05, 0) is 0 Å². The lowest BCUT2D eigenvalue weighted by Gasteiger charge is -2.11. The van der Waals surface area contributed by atoms with Crippen LogP contribution in [0.2, 0.25) is 0 Å². The third-order valence-electron chi connectivity index (χ3n) is 2.31. The largest absolute Gasteiger partial charge is 0.493 e. The number of hydrogen-bond acceptors (Lipinski definition) is 6. The summed E-state index contributed by atoms with van der Waals surface area (Å²) in [6.07, 6.45) is 2.83. The molecule has 1 aromatic heterocycles. The van der Waals surface area contributed by atoms with Crippen LogP contribution in [0, 0.1) is 0 Å². The van der Waals surface area contributed by atoms with Gasteiger partial charge in [-0.15, -0.1) is 0 Å². The number of rotatable bonds is 7. The minimum atomic E-state index is -2.95. The van der Waals surface area contributed by atoms with E-state index in [1.807, 2.05) is 0 Å². The maximum Gasteiger partial charge on any atom is 0.183 e. The third kappa shape index (κ3) is 4.50. The molecule has 102 valence electrons. The number of aromatic nitrogens is 1. The summed E-state index contributed by atoms with van der Waals surface area (Å²) >= 11 is 0. The molecule has 0 aliphatic rings. The highest BCUT2D eigenvalue weighted by Crippen LogP contribution is 2.28. The lowest BCUT2D eigenvalue weighted by molar-refractivity contribution is 0.348. The molecule has 0 spiro atoms. The molecule has 0 atom stereocenters. The number of nitrogens with zero attached hydrogens (tertiary/aromatic N) is 1. The summed E-state index contributed by atoms with van der Waals surface area (Å²) in [5.41, 5.74) is 0.686. The predicted octanol–water partition coefficient (Wildman–Crippen LogP) is 0.233. The molecule has 0 bridgehead atoms. The van der Waals surface area contributed by atoms with Crippen molar-refractivity contribution in [1.29, 1.82) is 0 Å². The van der Waals surface area contributed by atoms with Crippen LogP contribution in [0.4, 0.5) is 0 Å². The van der Waals surface area contributed by atoms with Crippen molar-refractivity contribution in [3.63, 3.8) is 0 Å². The molecule has 0 aliphatic heterocycles. The average molecular weight is 274 g/mol. The van der Waals surface area contributed by atoms with Crippen molar-refractivity contribution in [2.45, 2.75) is 6.54 Å². The van der Waals surface area contributed by atoms with Crippen molar-refractivity contribution in [3.8, 4) is 11.5 Å². The Hall–Kier alpha value is -1.34. The van der Waals surface area contributed by atoms with E-state index < -0.39 is 9.84 Å². The molecule has 0 saturated heterocycles. The highest BCUT2D eigenvalue weighted by molar-refractivity contribution is 7.90. The zero-order valence-electron chi connectivity index (χ0n) is 10.8. The Morgan fingerprint density at radius 1 is 1.33 bits per heavy atom. The van der Waals surface area contributed by atoms with Crippen LogP contribution >= 0.6 is 0 Å². The molecule has 1 rings (SSSR count). The summed E-state index contributed by atoms with van der Waals surface area (Å²) in [5.74, 6) is 1.26. The molecule has 1 heterocycles. The van der Waals surface area contributed by atoms with Crippen molar-refractivity contribution in [2.24, 2.45) is 0 Å². The molecule has 1 N–H and O–H groups in total. The number of sulfone groups is 1. The number of nitrogens with one attached hydrogen (secondary N) is 1. The molecule has 7 heteroatoms. The molecule has 0 saturated carbocycles. The van der Waals surface area contributed by atoms with Crippen molar-refractivity contribution in [1.82, 2.24) is 10.3 Å². The normalized spacial score (nSPS) is 11.3. The first-order chi connectivity index (χ1) is 8.48. The zero-order valence-corrected chi connectivity index (χ0v) is 11.6. The van der Waals surface area contributed by atoms with Crippen LogP contribution in [-0.2, 0) is 16.4 Å². The van der Waals surface area contributed by atoms with E-state index in [1.165, 1.54) is 6.26 Å². The second-order valence-corrected chi connectivity index (χ2v) is 6.06. The minimum absolute atomic E-state index is 0.0965. The summed E-state index contributed by atoms with van der Waals surface area (Å²) in [4.78, 5) is 4.18. The van der Waals surface area contributed by atoms with E-state index in [4.69, 9.17) is 9.47 Å². The molecule has 0 fully saturated rings. The molecule has 0 amide bonds. The number of hydrogen-bond donors (Lipinski definition) is 1. The number of ether oxygens (including phenoxy) is 2. The maximum absolute atomic E-state index is 11.0. The van der Waals surface area contributed by atoms with Crippen LogP contribution in [0.15, 0.2) is 12.3 Å². The predicted molar refractivity (Wildman–Crippen MR) is 68.8 cm³/mol. The Balaban J connectivity index is 2.62. The molecular weight excluding hydrogens is 256 g/mol. The van der Waals surface area contributed by atoms with Crippen molar-refractivity contribution < 1.29 is 17.9 Å². The number of pyridine rings is 1. The molecule has 1 aromatic rings. The van der Waals surface area contributed by atoms with E-state index in [-0.39, 0.29) is 5.75 Å². The van der Waals surface area contributed by atoms with Crippen molar-refractivity contribution >= 4 is 9.84 Å². The van der Waals surface area contributed by atoms with Gasteiger partial charge in [0.1, 0.15) is 9.84 Å². The summed E-state index contributed by atoms with van der Waals surface area (Å²) in [5, 5.41) is 3.01. The van der Waals surface area contributed by atoms with Crippen LogP contribution in [0.5, 0.6) is 11.5 Å². The highest BCUT2D eigenvalue weighted by atomic mass is 32.2. The van der Waals surface area contributed by atoms with Crippen LogP contribution in [0.3, 0.4) is 0 Å². The van der Waals surface area contributed by atoms with Crippen LogP contribution < -0.4 is 14.8 Å². The summed E-state index contributed by atoms with van der Waals surface area (Å²) in [6.45, 7) is 0.802. The van der Waals surface area contributed by atoms with Gasteiger partial charge in [0.25, 0.3) is 0 Å². The van der Waals surface area contributed by atoms with Gasteiger partial charge in [0.2, 0.25) is 0 Å². The minimum Gasteiger partial charge on any atom is -0.493 e. The lowest BCUT2D eigenvalue weighted by atomic mass is 10.3. The van der Waals surface area contributed by atoms with Gasteiger partial charge in [0.05, 0.1) is 25.7 Å². The molecule has 18 heavy (non-hydrogen) atoms. The lowest BCUT2D eigenvalue weighted by Crippen LogP contribution is -2.22. The smallest absolute Gasteiger partial charge is 0.183 e. The topological polar surface area (TPSA) is 77.5 Å². The number of methoxy groups -OCH3 is 2. The van der Waals surface area contributed by atoms with Crippen LogP contribution in [-0.4, -0.2) is 46.2 Å². The maximum atomic E-state index is 11.0. The second kappa shape index (κ2) is 6.55. The average Bonchev–Trinajstić information content (AvgIpc) is 2.32. The Bertz CT molecular complexity index is 488. The van der Waals surface area contributed by atoms with Gasteiger partial charge in [0, 0.05) is 31.6 Å². The fourth-order valence-electron chi connectivity index (χ4n) is 1.44. The van der Waals surface area contributed by atoms with Crippen LogP contribution in [0.1, 0.15) is 5.69 Å². The first-order valence-corrected chi connectivity index (χ1v) is 7.48. The Morgan fingerprint density at radius 3 is 2.61 bits per heavy atom. The Morgan fingerprint density at radius 2 is 2.06 bits per heavy atom. The van der Waals surface area contributed by atoms with Gasteiger partial charge in [-0.1, -0.05) is 0 Å². The third-order valence-corrected chi connectivity index (χ3v) is 3.25. The SMILES string of the molecule is COc1ccnc(CNCCS(C)(=O)=O)c1OC. The van der Waals surface area contributed by atoms with Crippen LogP contribution in [0.25, 0.3) is 0 Å². The summed E-state index contributed by atoms with van der Waals surface area (Å²) < 4.78 is 32.3. The van der Waals surface area contributed by atoms with Gasteiger partial charge < -0.3 is 14.8 Å². The van der Waals surface area contributed by atoms with Gasteiger partial charge in [-0.3, -0.25) is 4.98 Å². The van der Waals surface area contributed by atoms with E-state index in [1.54, 1.807) is 26.5 Å². The Labute approximate surface area is 107 Å². The molecule has 0 aliphatic carbocycles. The first kappa shape index (κ1) is 14.7. The highest BCUT2D eigenvalue weighted by Gasteiger charge is 2.10. The second-order valence-electron chi connectivity index (χ2n) is 3.80. The monoisotopic (exact) mass is 274 g/mol.